The highest BCUT2D eigenvalue weighted by atomic mass is 19.3. The molecule has 1 aliphatic heterocycles. The Labute approximate surface area is 137 Å². The number of hydrogen-bond acceptors (Lipinski definition) is 6. The lowest BCUT2D eigenvalue weighted by Crippen LogP contribution is -2.47. The molecule has 0 amide bonds. The van der Waals surface area contributed by atoms with Gasteiger partial charge in [0, 0.05) is 30.5 Å². The molecule has 2 aromatic rings. The van der Waals surface area contributed by atoms with Crippen molar-refractivity contribution in [2.45, 2.75) is 56.9 Å². The Morgan fingerprint density at radius 3 is 2.67 bits per heavy atom. The van der Waals surface area contributed by atoms with Crippen LogP contribution in [0.2, 0.25) is 0 Å². The second-order valence-corrected chi connectivity index (χ2v) is 6.97. The van der Waals surface area contributed by atoms with Gasteiger partial charge in [-0.1, -0.05) is 5.16 Å². The highest BCUT2D eigenvalue weighted by Gasteiger charge is 2.44. The van der Waals surface area contributed by atoms with Crippen LogP contribution in [0, 0.1) is 0 Å². The lowest BCUT2D eigenvalue weighted by Gasteiger charge is -2.39. The maximum Gasteiger partial charge on any atom is 0.290 e. The number of aromatic nitrogens is 4. The Bertz CT molecular complexity index is 817. The van der Waals surface area contributed by atoms with Crippen LogP contribution in [-0.2, 0) is 12.3 Å². The molecule has 2 aliphatic carbocycles. The van der Waals surface area contributed by atoms with Crippen molar-refractivity contribution in [3.05, 3.63) is 17.1 Å². The summed E-state index contributed by atoms with van der Waals surface area (Å²) >= 11 is 0. The average Bonchev–Trinajstić information content (AvgIpc) is 3.20. The lowest BCUT2D eigenvalue weighted by atomic mass is 10.1. The summed E-state index contributed by atoms with van der Waals surface area (Å²) in [5.74, 6) is -1.36. The smallest absolute Gasteiger partial charge is 0.290 e. The molecule has 2 aromatic heterocycles. The van der Waals surface area contributed by atoms with Crippen molar-refractivity contribution in [2.75, 3.05) is 11.4 Å². The number of nitrogens with zero attached hydrogens (tertiary/aromatic N) is 5. The molecule has 0 radical (unpaired) electrons. The van der Waals surface area contributed by atoms with E-state index >= 15 is 0 Å². The van der Waals surface area contributed by atoms with Gasteiger partial charge >= 0.3 is 0 Å². The molecule has 1 saturated carbocycles. The Kier molecular flexibility index (Phi) is 2.79. The molecule has 3 heterocycles. The Morgan fingerprint density at radius 1 is 1.17 bits per heavy atom. The van der Waals surface area contributed by atoms with Gasteiger partial charge in [0.15, 0.2) is 0 Å². The first kappa shape index (κ1) is 14.2. The van der Waals surface area contributed by atoms with Crippen molar-refractivity contribution in [2.24, 2.45) is 0 Å². The molecular weight excluding hydrogens is 316 g/mol. The normalized spacial score (nSPS) is 24.8. The van der Waals surface area contributed by atoms with Crippen LogP contribution in [0.25, 0.3) is 11.5 Å². The quantitative estimate of drug-likeness (QED) is 0.860. The highest BCUT2D eigenvalue weighted by Crippen LogP contribution is 2.45. The first-order valence-corrected chi connectivity index (χ1v) is 8.43. The van der Waals surface area contributed by atoms with Gasteiger partial charge in [-0.15, -0.1) is 0 Å². The van der Waals surface area contributed by atoms with Crippen LogP contribution in [0.3, 0.4) is 0 Å². The van der Waals surface area contributed by atoms with Crippen molar-refractivity contribution in [1.82, 2.24) is 20.1 Å². The van der Waals surface area contributed by atoms with Crippen molar-refractivity contribution in [3.8, 4) is 11.5 Å². The lowest BCUT2D eigenvalue weighted by molar-refractivity contribution is -0.00595. The summed E-state index contributed by atoms with van der Waals surface area (Å²) in [5, 5.41) is 4.00. The first-order chi connectivity index (χ1) is 11.5. The fourth-order valence-corrected chi connectivity index (χ4v) is 3.37. The number of alkyl halides is 2. The molecular formula is C16H17F2N5O. The number of anilines is 1. The van der Waals surface area contributed by atoms with Gasteiger partial charge in [0.2, 0.25) is 17.7 Å². The number of fused-ring (bicyclic) bond motifs is 1. The van der Waals surface area contributed by atoms with E-state index in [1.54, 1.807) is 0 Å². The van der Waals surface area contributed by atoms with Gasteiger partial charge in [0.1, 0.15) is 11.4 Å². The molecule has 6 nitrogen and oxygen atoms in total. The second kappa shape index (κ2) is 4.70. The van der Waals surface area contributed by atoms with Crippen LogP contribution >= 0.6 is 0 Å². The predicted octanol–water partition coefficient (Wildman–Crippen LogP) is 3.04. The molecule has 0 unspecified atom stereocenters. The summed E-state index contributed by atoms with van der Waals surface area (Å²) in [4.78, 5) is 15.1. The summed E-state index contributed by atoms with van der Waals surface area (Å²) < 4.78 is 33.8. The van der Waals surface area contributed by atoms with E-state index in [4.69, 9.17) is 4.52 Å². The van der Waals surface area contributed by atoms with Crippen molar-refractivity contribution < 1.29 is 13.3 Å². The van der Waals surface area contributed by atoms with E-state index in [0.29, 0.717) is 34.8 Å². The molecule has 24 heavy (non-hydrogen) atoms. The molecule has 126 valence electrons. The molecule has 3 aliphatic rings. The van der Waals surface area contributed by atoms with Crippen molar-refractivity contribution in [3.63, 3.8) is 0 Å². The average molecular weight is 333 g/mol. The maximum atomic E-state index is 14.3. The Hall–Kier alpha value is -2.12. The van der Waals surface area contributed by atoms with E-state index in [9.17, 15) is 8.78 Å². The molecule has 0 bridgehead atoms. The molecule has 1 atom stereocenters. The van der Waals surface area contributed by atoms with Gasteiger partial charge in [-0.25, -0.2) is 9.97 Å². The zero-order chi connectivity index (χ0) is 16.5. The summed E-state index contributed by atoms with van der Waals surface area (Å²) in [6, 6.07) is 0.262. The van der Waals surface area contributed by atoms with Crippen LogP contribution in [0.5, 0.6) is 0 Å². The van der Waals surface area contributed by atoms with Gasteiger partial charge in [0.05, 0.1) is 0 Å². The fraction of sp³-hybridized carbons (Fsp3) is 0.625. The van der Waals surface area contributed by atoms with E-state index in [-0.39, 0.29) is 24.6 Å². The molecule has 0 aromatic carbocycles. The third kappa shape index (κ3) is 2.04. The summed E-state index contributed by atoms with van der Waals surface area (Å²) in [7, 11) is 0. The van der Waals surface area contributed by atoms with Gasteiger partial charge in [-0.05, 0) is 32.6 Å². The fourth-order valence-electron chi connectivity index (χ4n) is 3.37. The summed E-state index contributed by atoms with van der Waals surface area (Å²) in [5.41, 5.74) is 0.696. The Morgan fingerprint density at radius 2 is 2.00 bits per heavy atom. The minimum atomic E-state index is -2.92. The third-order valence-electron chi connectivity index (χ3n) is 5.19. The molecule has 0 N–H and O–H groups in total. The molecule has 1 saturated heterocycles. The van der Waals surface area contributed by atoms with E-state index in [1.165, 1.54) is 0 Å². The monoisotopic (exact) mass is 333 g/mol. The van der Waals surface area contributed by atoms with Gasteiger partial charge < -0.3 is 9.42 Å². The van der Waals surface area contributed by atoms with Crippen molar-refractivity contribution in [1.29, 1.82) is 0 Å². The molecule has 0 spiro atoms. The SMILES string of the molecule is C[C@H]1CCN1c1nc(-c2noc(C3CC3)n2)c2c(n1)C(F)(F)CC2. The van der Waals surface area contributed by atoms with Crippen LogP contribution in [-0.4, -0.2) is 32.7 Å². The standard InChI is InChI=1S/C16H17F2N5O/c1-8-5-7-23(8)15-19-11(10-4-6-16(17,18)12(10)20-15)13-21-14(24-22-13)9-2-3-9/h8-9H,2-7H2,1H3/t8-/m0/s1. The third-order valence-corrected chi connectivity index (χ3v) is 5.19. The summed E-state index contributed by atoms with van der Waals surface area (Å²) in [6.07, 6.45) is 3.09. The Balaban J connectivity index is 1.64. The first-order valence-electron chi connectivity index (χ1n) is 8.43. The van der Waals surface area contributed by atoms with Gasteiger partial charge in [-0.3, -0.25) is 0 Å². The summed E-state index contributed by atoms with van der Waals surface area (Å²) in [6.45, 7) is 2.82. The van der Waals surface area contributed by atoms with Crippen LogP contribution in [0.4, 0.5) is 14.7 Å². The molecule has 8 heteroatoms. The topological polar surface area (TPSA) is 67.9 Å². The minimum absolute atomic E-state index is 0.167. The van der Waals surface area contributed by atoms with E-state index in [1.807, 2.05) is 11.8 Å². The van der Waals surface area contributed by atoms with Crippen LogP contribution in [0.15, 0.2) is 4.52 Å². The maximum absolute atomic E-state index is 14.3. The highest BCUT2D eigenvalue weighted by molar-refractivity contribution is 5.61. The predicted molar refractivity (Wildman–Crippen MR) is 80.9 cm³/mol. The zero-order valence-corrected chi connectivity index (χ0v) is 13.3. The minimum Gasteiger partial charge on any atom is -0.339 e. The largest absolute Gasteiger partial charge is 0.339 e. The van der Waals surface area contributed by atoms with Crippen molar-refractivity contribution >= 4 is 5.95 Å². The van der Waals surface area contributed by atoms with Crippen LogP contribution in [0.1, 0.15) is 55.7 Å². The number of rotatable bonds is 3. The van der Waals surface area contributed by atoms with Gasteiger partial charge in [-0.2, -0.15) is 13.8 Å². The van der Waals surface area contributed by atoms with Gasteiger partial charge in [0.25, 0.3) is 5.92 Å². The number of hydrogen-bond donors (Lipinski definition) is 0. The molecule has 2 fully saturated rings. The van der Waals surface area contributed by atoms with E-state index < -0.39 is 5.92 Å². The zero-order valence-electron chi connectivity index (χ0n) is 13.3. The van der Waals surface area contributed by atoms with E-state index in [2.05, 4.69) is 20.1 Å². The van der Waals surface area contributed by atoms with Crippen LogP contribution < -0.4 is 4.90 Å². The number of halogens is 2. The molecule has 5 rings (SSSR count). The second-order valence-electron chi connectivity index (χ2n) is 6.97. The van der Waals surface area contributed by atoms with E-state index in [0.717, 1.165) is 25.8 Å².